The highest BCUT2D eigenvalue weighted by Crippen LogP contribution is 2.26. The first-order valence-corrected chi connectivity index (χ1v) is 9.81. The second kappa shape index (κ2) is 9.40. The zero-order valence-corrected chi connectivity index (χ0v) is 16.6. The molecule has 28 heavy (non-hydrogen) atoms. The summed E-state index contributed by atoms with van der Waals surface area (Å²) in [6.07, 6.45) is 3.18. The smallest absolute Gasteiger partial charge is 0.225 e. The standard InChI is InChI=1S/C23H28N2O3/c1-17(26)24-22(19-10-12-21(28-2)13-11-19)16-23(27)25-14-6-9-20(25)15-18-7-4-3-5-8-18/h3-5,7-8,10-13,20,22H,6,9,14-16H2,1-2H3,(H,24,26). The Morgan fingerprint density at radius 2 is 1.86 bits per heavy atom. The predicted molar refractivity (Wildman–Crippen MR) is 109 cm³/mol. The summed E-state index contributed by atoms with van der Waals surface area (Å²) in [4.78, 5) is 26.8. The van der Waals surface area contributed by atoms with Crippen LogP contribution in [0.1, 0.15) is 43.4 Å². The molecule has 3 rings (SSSR count). The van der Waals surface area contributed by atoms with Crippen LogP contribution in [0.2, 0.25) is 0 Å². The number of benzene rings is 2. The van der Waals surface area contributed by atoms with Crippen LogP contribution in [0.5, 0.6) is 5.75 Å². The quantitative estimate of drug-likeness (QED) is 0.800. The Labute approximate surface area is 166 Å². The van der Waals surface area contributed by atoms with Crippen LogP contribution in [0.4, 0.5) is 0 Å². The Kier molecular flexibility index (Phi) is 6.69. The van der Waals surface area contributed by atoms with E-state index in [2.05, 4.69) is 17.4 Å². The Morgan fingerprint density at radius 3 is 2.50 bits per heavy atom. The normalized spacial score (nSPS) is 17.2. The van der Waals surface area contributed by atoms with Crippen LogP contribution in [0.3, 0.4) is 0 Å². The average Bonchev–Trinajstić information content (AvgIpc) is 3.16. The lowest BCUT2D eigenvalue weighted by Crippen LogP contribution is -2.39. The summed E-state index contributed by atoms with van der Waals surface area (Å²) in [6.45, 7) is 2.26. The van der Waals surface area contributed by atoms with Crippen molar-refractivity contribution in [2.45, 2.75) is 44.7 Å². The van der Waals surface area contributed by atoms with Crippen molar-refractivity contribution in [3.05, 3.63) is 65.7 Å². The van der Waals surface area contributed by atoms with Gasteiger partial charge < -0.3 is 15.0 Å². The van der Waals surface area contributed by atoms with Crippen LogP contribution in [-0.2, 0) is 16.0 Å². The second-order valence-corrected chi connectivity index (χ2v) is 7.30. The molecule has 2 unspecified atom stereocenters. The van der Waals surface area contributed by atoms with Gasteiger partial charge in [0, 0.05) is 19.5 Å². The van der Waals surface area contributed by atoms with Crippen molar-refractivity contribution in [3.8, 4) is 5.75 Å². The molecular formula is C23H28N2O3. The van der Waals surface area contributed by atoms with Crippen molar-refractivity contribution < 1.29 is 14.3 Å². The second-order valence-electron chi connectivity index (χ2n) is 7.30. The number of carbonyl (C=O) groups is 2. The molecule has 2 atom stereocenters. The summed E-state index contributed by atoms with van der Waals surface area (Å²) in [7, 11) is 1.62. The topological polar surface area (TPSA) is 58.6 Å². The number of rotatable bonds is 7. The van der Waals surface area contributed by atoms with Gasteiger partial charge in [-0.3, -0.25) is 9.59 Å². The van der Waals surface area contributed by atoms with Crippen molar-refractivity contribution in [2.75, 3.05) is 13.7 Å². The summed E-state index contributed by atoms with van der Waals surface area (Å²) >= 11 is 0. The number of carbonyl (C=O) groups excluding carboxylic acids is 2. The molecule has 2 aromatic rings. The highest BCUT2D eigenvalue weighted by atomic mass is 16.5. The van der Waals surface area contributed by atoms with Crippen LogP contribution in [0.15, 0.2) is 54.6 Å². The van der Waals surface area contributed by atoms with E-state index in [-0.39, 0.29) is 30.3 Å². The van der Waals surface area contributed by atoms with E-state index < -0.39 is 0 Å². The van der Waals surface area contributed by atoms with Crippen LogP contribution in [0.25, 0.3) is 0 Å². The van der Waals surface area contributed by atoms with Gasteiger partial charge in [-0.25, -0.2) is 0 Å². The Balaban J connectivity index is 1.70. The van der Waals surface area contributed by atoms with Gasteiger partial charge in [-0.15, -0.1) is 0 Å². The number of hydrogen-bond acceptors (Lipinski definition) is 3. The van der Waals surface area contributed by atoms with Crippen molar-refractivity contribution in [3.63, 3.8) is 0 Å². The Morgan fingerprint density at radius 1 is 1.14 bits per heavy atom. The third kappa shape index (κ3) is 5.12. The predicted octanol–water partition coefficient (Wildman–Crippen LogP) is 3.50. The SMILES string of the molecule is COc1ccc(C(CC(=O)N2CCCC2Cc2ccccc2)NC(C)=O)cc1. The molecule has 0 radical (unpaired) electrons. The molecule has 0 saturated carbocycles. The van der Waals surface area contributed by atoms with E-state index in [1.165, 1.54) is 12.5 Å². The molecular weight excluding hydrogens is 352 g/mol. The fourth-order valence-electron chi connectivity index (χ4n) is 3.89. The molecule has 0 bridgehead atoms. The van der Waals surface area contributed by atoms with Gasteiger partial charge in [0.1, 0.15) is 5.75 Å². The maximum absolute atomic E-state index is 13.1. The van der Waals surface area contributed by atoms with E-state index in [0.717, 1.165) is 37.1 Å². The highest BCUT2D eigenvalue weighted by Gasteiger charge is 2.30. The van der Waals surface area contributed by atoms with E-state index in [1.807, 2.05) is 47.4 Å². The van der Waals surface area contributed by atoms with E-state index in [9.17, 15) is 9.59 Å². The molecule has 5 nitrogen and oxygen atoms in total. The van der Waals surface area contributed by atoms with E-state index in [4.69, 9.17) is 4.74 Å². The molecule has 1 aliphatic heterocycles. The molecule has 1 aliphatic rings. The average molecular weight is 380 g/mol. The van der Waals surface area contributed by atoms with Crippen LogP contribution in [0, 0.1) is 0 Å². The minimum absolute atomic E-state index is 0.0907. The fourth-order valence-corrected chi connectivity index (χ4v) is 3.89. The molecule has 0 spiro atoms. The first-order valence-electron chi connectivity index (χ1n) is 9.81. The molecule has 0 aromatic heterocycles. The summed E-state index contributed by atoms with van der Waals surface area (Å²) in [5, 5.41) is 2.93. The molecule has 2 aromatic carbocycles. The highest BCUT2D eigenvalue weighted by molar-refractivity contribution is 5.79. The van der Waals surface area contributed by atoms with Gasteiger partial charge in [0.05, 0.1) is 19.6 Å². The number of likely N-dealkylation sites (tertiary alicyclic amines) is 1. The molecule has 1 heterocycles. The zero-order chi connectivity index (χ0) is 19.9. The Bertz CT molecular complexity index is 789. The summed E-state index contributed by atoms with van der Waals surface area (Å²) in [5.74, 6) is 0.697. The van der Waals surface area contributed by atoms with Crippen LogP contribution < -0.4 is 10.1 Å². The molecule has 1 saturated heterocycles. The van der Waals surface area contributed by atoms with Crippen molar-refractivity contribution in [1.82, 2.24) is 10.2 Å². The van der Waals surface area contributed by atoms with E-state index in [1.54, 1.807) is 7.11 Å². The lowest BCUT2D eigenvalue weighted by Gasteiger charge is -2.27. The summed E-state index contributed by atoms with van der Waals surface area (Å²) < 4.78 is 5.20. The van der Waals surface area contributed by atoms with Gasteiger partial charge in [0.25, 0.3) is 0 Å². The largest absolute Gasteiger partial charge is 0.497 e. The monoisotopic (exact) mass is 380 g/mol. The lowest BCUT2D eigenvalue weighted by atomic mass is 10.0. The fraction of sp³-hybridized carbons (Fsp3) is 0.391. The lowest BCUT2D eigenvalue weighted by molar-refractivity contribution is -0.132. The number of ether oxygens (including phenoxy) is 1. The van der Waals surface area contributed by atoms with Gasteiger partial charge in [-0.05, 0) is 42.5 Å². The summed E-state index contributed by atoms with van der Waals surface area (Å²) in [5.41, 5.74) is 2.16. The number of methoxy groups -OCH3 is 1. The van der Waals surface area contributed by atoms with Gasteiger partial charge >= 0.3 is 0 Å². The van der Waals surface area contributed by atoms with Gasteiger partial charge in [0.15, 0.2) is 0 Å². The summed E-state index contributed by atoms with van der Waals surface area (Å²) in [6, 6.07) is 17.7. The molecule has 1 fully saturated rings. The number of nitrogens with one attached hydrogen (secondary N) is 1. The molecule has 148 valence electrons. The first kappa shape index (κ1) is 19.9. The van der Waals surface area contributed by atoms with Crippen molar-refractivity contribution >= 4 is 11.8 Å². The maximum atomic E-state index is 13.1. The Hall–Kier alpha value is -2.82. The first-order chi connectivity index (χ1) is 13.6. The molecule has 5 heteroatoms. The number of amides is 2. The van der Waals surface area contributed by atoms with Crippen LogP contribution >= 0.6 is 0 Å². The third-order valence-electron chi connectivity index (χ3n) is 5.29. The zero-order valence-electron chi connectivity index (χ0n) is 16.6. The van der Waals surface area contributed by atoms with Crippen molar-refractivity contribution in [1.29, 1.82) is 0 Å². The molecule has 2 amide bonds. The minimum Gasteiger partial charge on any atom is -0.497 e. The number of nitrogens with zero attached hydrogens (tertiary/aromatic N) is 1. The molecule has 1 N–H and O–H groups in total. The number of hydrogen-bond donors (Lipinski definition) is 1. The molecule has 0 aliphatic carbocycles. The van der Waals surface area contributed by atoms with E-state index in [0.29, 0.717) is 0 Å². The van der Waals surface area contributed by atoms with Crippen molar-refractivity contribution in [2.24, 2.45) is 0 Å². The van der Waals surface area contributed by atoms with Gasteiger partial charge in [-0.2, -0.15) is 0 Å². The van der Waals surface area contributed by atoms with Gasteiger partial charge in [-0.1, -0.05) is 42.5 Å². The maximum Gasteiger partial charge on any atom is 0.225 e. The van der Waals surface area contributed by atoms with Crippen LogP contribution in [-0.4, -0.2) is 36.4 Å². The third-order valence-corrected chi connectivity index (χ3v) is 5.29. The van der Waals surface area contributed by atoms with Gasteiger partial charge in [0.2, 0.25) is 11.8 Å². The van der Waals surface area contributed by atoms with E-state index >= 15 is 0 Å². The minimum atomic E-state index is -0.339.